The fourth-order valence-electron chi connectivity index (χ4n) is 0.986. The maximum atomic E-state index is 11.5. The lowest BCUT2D eigenvalue weighted by Crippen LogP contribution is -2.38. The lowest BCUT2D eigenvalue weighted by molar-refractivity contribution is -0.158. The first kappa shape index (κ1) is 17.2. The molecule has 0 aromatic rings. The molecule has 0 atom stereocenters. The molecule has 0 aliphatic carbocycles. The first-order valence-electron chi connectivity index (χ1n) is 5.91. The normalized spacial score (nSPS) is 10.6. The zero-order chi connectivity index (χ0) is 15.1. The topological polar surface area (TPSA) is 82.1 Å². The Morgan fingerprint density at radius 1 is 1.05 bits per heavy atom. The van der Waals surface area contributed by atoms with E-state index < -0.39 is 30.2 Å². The van der Waals surface area contributed by atoms with Crippen molar-refractivity contribution in [3.63, 3.8) is 0 Å². The Bertz CT molecular complexity index is 334. The van der Waals surface area contributed by atoms with Gasteiger partial charge < -0.3 is 19.1 Å². The number of nitrogens with zero attached hydrogens (tertiary/aromatic N) is 1. The summed E-state index contributed by atoms with van der Waals surface area (Å²) in [6, 6.07) is 0. The highest BCUT2D eigenvalue weighted by Crippen LogP contribution is 2.08. The zero-order valence-corrected chi connectivity index (χ0v) is 12.0. The third-order valence-corrected chi connectivity index (χ3v) is 1.73. The van der Waals surface area contributed by atoms with Crippen LogP contribution < -0.4 is 0 Å². The van der Waals surface area contributed by atoms with Gasteiger partial charge in [-0.2, -0.15) is 0 Å². The van der Waals surface area contributed by atoms with Gasteiger partial charge in [-0.25, -0.2) is 9.59 Å². The van der Waals surface area contributed by atoms with Crippen LogP contribution in [0.1, 0.15) is 27.7 Å². The van der Waals surface area contributed by atoms with Gasteiger partial charge in [-0.05, 0) is 27.7 Å². The third-order valence-electron chi connectivity index (χ3n) is 1.73. The molecular formula is C12H21NO6. The van der Waals surface area contributed by atoms with Crippen molar-refractivity contribution in [2.24, 2.45) is 0 Å². The quantitative estimate of drug-likeness (QED) is 0.549. The van der Waals surface area contributed by atoms with Gasteiger partial charge in [-0.3, -0.25) is 4.79 Å². The van der Waals surface area contributed by atoms with E-state index in [9.17, 15) is 14.4 Å². The van der Waals surface area contributed by atoms with Crippen LogP contribution >= 0.6 is 0 Å². The van der Waals surface area contributed by atoms with E-state index in [-0.39, 0.29) is 13.2 Å². The van der Waals surface area contributed by atoms with Gasteiger partial charge in [0.25, 0.3) is 0 Å². The van der Waals surface area contributed by atoms with Gasteiger partial charge in [0.05, 0.1) is 6.61 Å². The number of ether oxygens (including phenoxy) is 3. The van der Waals surface area contributed by atoms with E-state index in [4.69, 9.17) is 4.74 Å². The van der Waals surface area contributed by atoms with Gasteiger partial charge in [0.2, 0.25) is 0 Å². The van der Waals surface area contributed by atoms with Crippen LogP contribution in [-0.4, -0.2) is 55.3 Å². The Hall–Kier alpha value is -1.79. The number of likely N-dealkylation sites (N-methyl/N-ethyl adjacent to an activating group) is 1. The summed E-state index contributed by atoms with van der Waals surface area (Å²) in [7, 11) is 1.40. The number of rotatable bonds is 5. The number of amides is 1. The monoisotopic (exact) mass is 275 g/mol. The van der Waals surface area contributed by atoms with Crippen LogP contribution in [0.3, 0.4) is 0 Å². The van der Waals surface area contributed by atoms with Crippen molar-refractivity contribution < 1.29 is 28.6 Å². The van der Waals surface area contributed by atoms with Gasteiger partial charge >= 0.3 is 18.0 Å². The molecule has 0 spiro atoms. The molecule has 7 heteroatoms. The number of carbonyl (C=O) groups excluding carboxylic acids is 3. The molecule has 0 bridgehead atoms. The fourth-order valence-corrected chi connectivity index (χ4v) is 0.986. The molecule has 0 aliphatic heterocycles. The molecule has 0 rings (SSSR count). The minimum atomic E-state index is -0.707. The van der Waals surface area contributed by atoms with E-state index in [1.54, 1.807) is 27.7 Å². The molecular weight excluding hydrogens is 254 g/mol. The van der Waals surface area contributed by atoms with Crippen LogP contribution in [0.2, 0.25) is 0 Å². The van der Waals surface area contributed by atoms with Crippen LogP contribution in [0.15, 0.2) is 0 Å². The molecule has 0 aromatic carbocycles. The Kier molecular flexibility index (Phi) is 6.89. The summed E-state index contributed by atoms with van der Waals surface area (Å²) >= 11 is 0. The smallest absolute Gasteiger partial charge is 0.410 e. The largest absolute Gasteiger partial charge is 0.463 e. The summed E-state index contributed by atoms with van der Waals surface area (Å²) in [6.45, 7) is 6.26. The predicted octanol–water partition coefficient (Wildman–Crippen LogP) is 0.960. The molecule has 0 radical (unpaired) electrons. The van der Waals surface area contributed by atoms with E-state index in [1.807, 2.05) is 0 Å². The number of hydrogen-bond acceptors (Lipinski definition) is 6. The standard InChI is InChI=1S/C12H21NO6/c1-6-17-10(15)8-18-9(14)7-13(5)11(16)19-12(2,3)4/h6-8H2,1-5H3. The van der Waals surface area contributed by atoms with Crippen molar-refractivity contribution in [3.8, 4) is 0 Å². The molecule has 7 nitrogen and oxygen atoms in total. The summed E-state index contributed by atoms with van der Waals surface area (Å²) in [5.74, 6) is -1.34. The Morgan fingerprint density at radius 3 is 2.11 bits per heavy atom. The summed E-state index contributed by atoms with van der Waals surface area (Å²) in [6.07, 6.45) is -0.638. The first-order chi connectivity index (χ1) is 8.65. The van der Waals surface area contributed by atoms with Crippen LogP contribution in [0, 0.1) is 0 Å². The Balaban J connectivity index is 4.05. The van der Waals surface area contributed by atoms with E-state index in [0.717, 1.165) is 4.90 Å². The van der Waals surface area contributed by atoms with Gasteiger partial charge in [-0.15, -0.1) is 0 Å². The van der Waals surface area contributed by atoms with Gasteiger partial charge in [0, 0.05) is 7.05 Å². The van der Waals surface area contributed by atoms with E-state index >= 15 is 0 Å². The second kappa shape index (κ2) is 7.60. The molecule has 0 fully saturated rings. The maximum absolute atomic E-state index is 11.5. The van der Waals surface area contributed by atoms with Crippen LogP contribution in [0.5, 0.6) is 0 Å². The lowest BCUT2D eigenvalue weighted by Gasteiger charge is -2.24. The minimum absolute atomic E-state index is 0.216. The molecule has 0 unspecified atom stereocenters. The highest BCUT2D eigenvalue weighted by molar-refractivity contribution is 5.80. The van der Waals surface area contributed by atoms with Crippen LogP contribution in [0.25, 0.3) is 0 Å². The van der Waals surface area contributed by atoms with Gasteiger partial charge in [-0.1, -0.05) is 0 Å². The molecule has 0 N–H and O–H groups in total. The number of hydrogen-bond donors (Lipinski definition) is 0. The average Bonchev–Trinajstić information content (AvgIpc) is 2.24. The molecule has 0 aromatic heterocycles. The zero-order valence-electron chi connectivity index (χ0n) is 12.0. The Labute approximate surface area is 112 Å². The fraction of sp³-hybridized carbons (Fsp3) is 0.750. The van der Waals surface area contributed by atoms with Crippen molar-refractivity contribution in [1.29, 1.82) is 0 Å². The molecule has 0 saturated heterocycles. The van der Waals surface area contributed by atoms with E-state index in [2.05, 4.69) is 9.47 Å². The highest BCUT2D eigenvalue weighted by Gasteiger charge is 2.21. The second-order valence-corrected chi connectivity index (χ2v) is 4.80. The summed E-state index contributed by atoms with van der Waals surface area (Å²) in [5, 5.41) is 0. The van der Waals surface area contributed by atoms with Crippen LogP contribution in [0.4, 0.5) is 4.79 Å². The Morgan fingerprint density at radius 2 is 1.63 bits per heavy atom. The maximum Gasteiger partial charge on any atom is 0.410 e. The predicted molar refractivity (Wildman–Crippen MR) is 66.5 cm³/mol. The van der Waals surface area contributed by atoms with Crippen molar-refractivity contribution in [2.75, 3.05) is 26.8 Å². The summed E-state index contributed by atoms with van der Waals surface area (Å²) < 4.78 is 14.3. The molecule has 110 valence electrons. The lowest BCUT2D eigenvalue weighted by atomic mass is 10.2. The third kappa shape index (κ3) is 8.87. The highest BCUT2D eigenvalue weighted by atomic mass is 16.6. The molecule has 0 saturated carbocycles. The van der Waals surface area contributed by atoms with Gasteiger partial charge in [0.15, 0.2) is 6.61 Å². The SMILES string of the molecule is CCOC(=O)COC(=O)CN(C)C(=O)OC(C)(C)C. The van der Waals surface area contributed by atoms with E-state index in [0.29, 0.717) is 0 Å². The minimum Gasteiger partial charge on any atom is -0.463 e. The molecule has 19 heavy (non-hydrogen) atoms. The summed E-state index contributed by atoms with van der Waals surface area (Å²) in [5.41, 5.74) is -0.639. The second-order valence-electron chi connectivity index (χ2n) is 4.80. The molecule has 0 heterocycles. The molecule has 0 aliphatic rings. The first-order valence-corrected chi connectivity index (χ1v) is 5.91. The average molecular weight is 275 g/mol. The van der Waals surface area contributed by atoms with Crippen molar-refractivity contribution >= 4 is 18.0 Å². The van der Waals surface area contributed by atoms with Crippen LogP contribution in [-0.2, 0) is 23.8 Å². The van der Waals surface area contributed by atoms with Crippen molar-refractivity contribution in [2.45, 2.75) is 33.3 Å². The van der Waals surface area contributed by atoms with Crippen molar-refractivity contribution in [3.05, 3.63) is 0 Å². The number of carbonyl (C=O) groups is 3. The van der Waals surface area contributed by atoms with Crippen molar-refractivity contribution in [1.82, 2.24) is 4.90 Å². The number of esters is 2. The molecule has 1 amide bonds. The van der Waals surface area contributed by atoms with E-state index in [1.165, 1.54) is 7.05 Å². The van der Waals surface area contributed by atoms with Gasteiger partial charge in [0.1, 0.15) is 12.1 Å². The summed E-state index contributed by atoms with van der Waals surface area (Å²) in [4.78, 5) is 34.9.